The van der Waals surface area contributed by atoms with Gasteiger partial charge in [0, 0.05) is 12.0 Å². The van der Waals surface area contributed by atoms with Crippen molar-refractivity contribution in [2.75, 3.05) is 13.1 Å². The zero-order valence-corrected chi connectivity index (χ0v) is 12.8. The first-order valence-corrected chi connectivity index (χ1v) is 7.92. The van der Waals surface area contributed by atoms with E-state index in [1.165, 1.54) is 0 Å². The van der Waals surface area contributed by atoms with Gasteiger partial charge in [-0.15, -0.1) is 0 Å². The molecular formula is C17H22N2O3. The first-order chi connectivity index (χ1) is 10.6. The quantitative estimate of drug-likeness (QED) is 0.874. The maximum absolute atomic E-state index is 12.1. The van der Waals surface area contributed by atoms with Crippen molar-refractivity contribution in [3.63, 3.8) is 0 Å². The monoisotopic (exact) mass is 302 g/mol. The molecule has 2 aliphatic rings. The number of amides is 2. The molecule has 1 aliphatic heterocycles. The molecule has 1 saturated carbocycles. The third-order valence-electron chi connectivity index (χ3n) is 4.23. The van der Waals surface area contributed by atoms with Crippen LogP contribution >= 0.6 is 0 Å². The van der Waals surface area contributed by atoms with Crippen LogP contribution in [0, 0.1) is 5.92 Å². The Bertz CT molecular complexity index is 542. The van der Waals surface area contributed by atoms with Gasteiger partial charge >= 0.3 is 6.09 Å². The summed E-state index contributed by atoms with van der Waals surface area (Å²) in [6, 6.07) is 10.3. The zero-order valence-electron chi connectivity index (χ0n) is 12.8. The lowest BCUT2D eigenvalue weighted by atomic mass is 10.0. The number of hydrogen-bond acceptors (Lipinski definition) is 3. The number of benzene rings is 1. The molecule has 1 aliphatic carbocycles. The Morgan fingerprint density at radius 3 is 2.77 bits per heavy atom. The van der Waals surface area contributed by atoms with Crippen molar-refractivity contribution in [1.29, 1.82) is 0 Å². The molecule has 0 spiro atoms. The van der Waals surface area contributed by atoms with Gasteiger partial charge in [-0.2, -0.15) is 0 Å². The number of carbonyl (C=O) groups is 2. The molecule has 1 aromatic rings. The van der Waals surface area contributed by atoms with Gasteiger partial charge in [0.2, 0.25) is 5.91 Å². The molecule has 0 bridgehead atoms. The Balaban J connectivity index is 1.43. The fourth-order valence-electron chi connectivity index (χ4n) is 2.78. The lowest BCUT2D eigenvalue weighted by Crippen LogP contribution is -2.38. The smallest absolute Gasteiger partial charge is 0.410 e. The molecule has 22 heavy (non-hydrogen) atoms. The second-order valence-electron chi connectivity index (χ2n) is 6.23. The molecule has 0 aromatic heterocycles. The average Bonchev–Trinajstić information content (AvgIpc) is 3.29. The van der Waals surface area contributed by atoms with E-state index >= 15 is 0 Å². The first-order valence-electron chi connectivity index (χ1n) is 7.92. The van der Waals surface area contributed by atoms with Gasteiger partial charge in [-0.3, -0.25) is 4.79 Å². The highest BCUT2D eigenvalue weighted by atomic mass is 16.6. The summed E-state index contributed by atoms with van der Waals surface area (Å²) in [4.78, 5) is 25.6. The van der Waals surface area contributed by atoms with Crippen molar-refractivity contribution >= 4 is 12.0 Å². The second-order valence-corrected chi connectivity index (χ2v) is 6.23. The molecule has 2 unspecified atom stereocenters. The molecule has 1 N–H and O–H groups in total. The third kappa shape index (κ3) is 3.59. The van der Waals surface area contributed by atoms with Gasteiger partial charge in [-0.1, -0.05) is 37.3 Å². The minimum atomic E-state index is -0.237. The van der Waals surface area contributed by atoms with Gasteiger partial charge in [0.1, 0.15) is 6.10 Å². The van der Waals surface area contributed by atoms with E-state index in [9.17, 15) is 9.59 Å². The first kappa shape index (κ1) is 14.9. The Labute approximate surface area is 130 Å². The van der Waals surface area contributed by atoms with Crippen molar-refractivity contribution in [3.05, 3.63) is 35.9 Å². The molecule has 0 radical (unpaired) electrons. The van der Waals surface area contributed by atoms with Gasteiger partial charge in [0.25, 0.3) is 0 Å². The number of cyclic esters (lactones) is 1. The van der Waals surface area contributed by atoms with E-state index < -0.39 is 0 Å². The normalized spacial score (nSPS) is 22.3. The number of nitrogens with one attached hydrogen (secondary N) is 1. The van der Waals surface area contributed by atoms with Crippen LogP contribution in [0.15, 0.2) is 30.3 Å². The predicted molar refractivity (Wildman–Crippen MR) is 82.3 cm³/mol. The van der Waals surface area contributed by atoms with Crippen LogP contribution in [-0.2, 0) is 16.0 Å². The van der Waals surface area contributed by atoms with Crippen molar-refractivity contribution in [1.82, 2.24) is 10.2 Å². The van der Waals surface area contributed by atoms with E-state index in [2.05, 4.69) is 5.32 Å². The summed E-state index contributed by atoms with van der Waals surface area (Å²) in [7, 11) is 0. The summed E-state index contributed by atoms with van der Waals surface area (Å²) in [5, 5.41) is 2.90. The van der Waals surface area contributed by atoms with E-state index in [1.54, 1.807) is 4.90 Å². The largest absolute Gasteiger partial charge is 0.442 e. The summed E-state index contributed by atoms with van der Waals surface area (Å²) >= 11 is 0. The Hall–Kier alpha value is -2.04. The minimum Gasteiger partial charge on any atom is -0.442 e. The molecule has 2 atom stereocenters. The van der Waals surface area contributed by atoms with E-state index in [0.717, 1.165) is 18.4 Å². The molecule has 1 aromatic carbocycles. The van der Waals surface area contributed by atoms with Crippen LogP contribution in [0.5, 0.6) is 0 Å². The Kier molecular flexibility index (Phi) is 4.32. The third-order valence-corrected chi connectivity index (χ3v) is 4.23. The van der Waals surface area contributed by atoms with Crippen molar-refractivity contribution in [2.45, 2.75) is 38.3 Å². The summed E-state index contributed by atoms with van der Waals surface area (Å²) in [6.45, 7) is 2.91. The molecule has 1 heterocycles. The van der Waals surface area contributed by atoms with E-state index in [1.807, 2.05) is 37.3 Å². The van der Waals surface area contributed by atoms with Gasteiger partial charge in [-0.05, 0) is 24.8 Å². The fourth-order valence-corrected chi connectivity index (χ4v) is 2.78. The molecular weight excluding hydrogens is 280 g/mol. The highest BCUT2D eigenvalue weighted by Crippen LogP contribution is 2.30. The fraction of sp³-hybridized carbons (Fsp3) is 0.529. The number of carbonyl (C=O) groups excluding carboxylic acids is 2. The van der Waals surface area contributed by atoms with Gasteiger partial charge in [0.15, 0.2) is 0 Å². The van der Waals surface area contributed by atoms with Crippen molar-refractivity contribution in [3.8, 4) is 0 Å². The lowest BCUT2D eigenvalue weighted by Gasteiger charge is -2.14. The average molecular weight is 302 g/mol. The van der Waals surface area contributed by atoms with Gasteiger partial charge < -0.3 is 15.0 Å². The maximum atomic E-state index is 12.1. The van der Waals surface area contributed by atoms with Crippen LogP contribution in [-0.4, -0.2) is 42.1 Å². The van der Waals surface area contributed by atoms with Crippen molar-refractivity contribution < 1.29 is 14.3 Å². The second kappa shape index (κ2) is 6.38. The van der Waals surface area contributed by atoms with Gasteiger partial charge in [-0.25, -0.2) is 4.79 Å². The number of hydrogen-bond donors (Lipinski definition) is 1. The van der Waals surface area contributed by atoms with E-state index in [0.29, 0.717) is 25.6 Å². The standard InChI is InChI=1S/C17H22N2O3/c1-12(9-13-5-3-2-4-6-13)16(20)18-10-15-11-19(14-7-8-14)17(21)22-15/h2-6,12,14-15H,7-11H2,1H3,(H,18,20). The lowest BCUT2D eigenvalue weighted by molar-refractivity contribution is -0.124. The Morgan fingerprint density at radius 1 is 1.36 bits per heavy atom. The maximum Gasteiger partial charge on any atom is 0.410 e. The van der Waals surface area contributed by atoms with Crippen LogP contribution in [0.4, 0.5) is 4.79 Å². The van der Waals surface area contributed by atoms with Crippen LogP contribution in [0.1, 0.15) is 25.3 Å². The molecule has 118 valence electrons. The minimum absolute atomic E-state index is 0.00442. The SMILES string of the molecule is CC(Cc1ccccc1)C(=O)NCC1CN(C2CC2)C(=O)O1. The van der Waals surface area contributed by atoms with Crippen LogP contribution < -0.4 is 5.32 Å². The molecule has 5 heteroatoms. The summed E-state index contributed by atoms with van der Waals surface area (Å²) < 4.78 is 5.30. The topological polar surface area (TPSA) is 58.6 Å². The highest BCUT2D eigenvalue weighted by Gasteiger charge is 2.40. The molecule has 2 fully saturated rings. The number of nitrogens with zero attached hydrogens (tertiary/aromatic N) is 1. The van der Waals surface area contributed by atoms with E-state index in [4.69, 9.17) is 4.74 Å². The van der Waals surface area contributed by atoms with E-state index in [-0.39, 0.29) is 24.0 Å². The van der Waals surface area contributed by atoms with Crippen molar-refractivity contribution in [2.24, 2.45) is 5.92 Å². The van der Waals surface area contributed by atoms with Crippen LogP contribution in [0.25, 0.3) is 0 Å². The molecule has 3 rings (SSSR count). The van der Waals surface area contributed by atoms with Crippen LogP contribution in [0.2, 0.25) is 0 Å². The van der Waals surface area contributed by atoms with Crippen LogP contribution in [0.3, 0.4) is 0 Å². The molecule has 5 nitrogen and oxygen atoms in total. The molecule has 1 saturated heterocycles. The zero-order chi connectivity index (χ0) is 15.5. The summed E-state index contributed by atoms with van der Waals surface area (Å²) in [6.07, 6.45) is 2.40. The van der Waals surface area contributed by atoms with Gasteiger partial charge in [0.05, 0.1) is 13.1 Å². The summed E-state index contributed by atoms with van der Waals surface area (Å²) in [5.41, 5.74) is 1.15. The predicted octanol–water partition coefficient (Wildman–Crippen LogP) is 1.96. The Morgan fingerprint density at radius 2 is 2.09 bits per heavy atom. The summed E-state index contributed by atoms with van der Waals surface area (Å²) in [5.74, 6) is -0.0937. The number of ether oxygens (including phenoxy) is 1. The highest BCUT2D eigenvalue weighted by molar-refractivity contribution is 5.78. The molecule has 2 amide bonds. The number of rotatable bonds is 6.